The Balaban J connectivity index is 1.09. The van der Waals surface area contributed by atoms with E-state index in [2.05, 4.69) is 97.2 Å². The van der Waals surface area contributed by atoms with Crippen LogP contribution in [0.15, 0.2) is 90.1 Å². The molecule has 8 aliphatic rings. The topological polar surface area (TPSA) is 9.23 Å². The minimum atomic E-state index is -0.358. The van der Waals surface area contributed by atoms with E-state index < -0.39 is 0 Å². The van der Waals surface area contributed by atoms with Crippen molar-refractivity contribution >= 4 is 29.4 Å². The lowest BCUT2D eigenvalue weighted by atomic mass is 9.62. The molecule has 0 aromatic heterocycles. The molecule has 1 aliphatic heterocycles. The predicted molar refractivity (Wildman–Crippen MR) is 199 cm³/mol. The first kappa shape index (κ1) is 27.6. The molecule has 0 bridgehead atoms. The van der Waals surface area contributed by atoms with Crippen LogP contribution in [0.1, 0.15) is 124 Å². The summed E-state index contributed by atoms with van der Waals surface area (Å²) in [6.07, 6.45) is 37.8. The summed E-state index contributed by atoms with van der Waals surface area (Å²) in [5, 5.41) is 0. The Labute approximate surface area is 284 Å². The molecule has 0 fully saturated rings. The highest BCUT2D eigenvalue weighted by Crippen LogP contribution is 2.58. The maximum Gasteiger partial charge on any atom is 0.127 e. The van der Waals surface area contributed by atoms with Crippen molar-refractivity contribution in [2.75, 3.05) is 0 Å². The second-order valence-electron chi connectivity index (χ2n) is 15.4. The molecular weight excluding hydrogens is 581 g/mol. The van der Waals surface area contributed by atoms with E-state index in [-0.39, 0.29) is 17.4 Å². The van der Waals surface area contributed by atoms with Crippen LogP contribution in [0.2, 0.25) is 0 Å². The van der Waals surface area contributed by atoms with Gasteiger partial charge in [-0.15, -0.1) is 0 Å². The average molecular weight is 623 g/mol. The van der Waals surface area contributed by atoms with Gasteiger partial charge in [-0.1, -0.05) is 102 Å². The Kier molecular flexibility index (Phi) is 5.93. The molecular formula is C47H42O. The Bertz CT molecular complexity index is 2050. The molecule has 0 amide bonds. The standard InChI is InChI=1S/C47H42O/c1-3-11-32-29(8-1)18-21-39-35-14-6-16-44(41(35)25-23-37(32)39)47(28-43-34-13-5-10-31(34)20-27-46(43)48-47)45-17-7-15-36-40-22-19-30-9-2-4-12-33(30)38(40)24-26-42(36)45/h3-7,11-15,20,23-27,44-45H,1-2,8-10,16-19,21-22,28H2. The van der Waals surface area contributed by atoms with E-state index >= 15 is 0 Å². The van der Waals surface area contributed by atoms with Crippen LogP contribution in [0.5, 0.6) is 5.75 Å². The first-order chi connectivity index (χ1) is 23.8. The van der Waals surface area contributed by atoms with Crippen molar-refractivity contribution in [2.45, 2.75) is 94.5 Å². The number of allylic oxidation sites excluding steroid dienone is 11. The zero-order valence-electron chi connectivity index (χ0n) is 27.8. The van der Waals surface area contributed by atoms with Crippen LogP contribution in [-0.4, -0.2) is 5.60 Å². The first-order valence-corrected chi connectivity index (χ1v) is 18.7. The lowest BCUT2D eigenvalue weighted by Crippen LogP contribution is -2.48. The Morgan fingerprint density at radius 1 is 0.521 bits per heavy atom. The number of hydrogen-bond donors (Lipinski definition) is 0. The van der Waals surface area contributed by atoms with E-state index in [4.69, 9.17) is 4.74 Å². The summed E-state index contributed by atoms with van der Waals surface area (Å²) < 4.78 is 7.63. The molecule has 1 heteroatoms. The molecule has 7 aliphatic carbocycles. The highest BCUT2D eigenvalue weighted by atomic mass is 16.5. The smallest absolute Gasteiger partial charge is 0.127 e. The van der Waals surface area contributed by atoms with Crippen LogP contribution in [0.3, 0.4) is 0 Å². The summed E-state index contributed by atoms with van der Waals surface area (Å²) in [6, 6.07) is 14.6. The third kappa shape index (κ3) is 3.79. The molecule has 3 aromatic carbocycles. The average Bonchev–Trinajstić information content (AvgIpc) is 3.79. The molecule has 0 saturated carbocycles. The lowest BCUT2D eigenvalue weighted by molar-refractivity contribution is 0.0330. The number of hydrogen-bond acceptors (Lipinski definition) is 1. The van der Waals surface area contributed by atoms with E-state index in [0.717, 1.165) is 44.3 Å². The minimum Gasteiger partial charge on any atom is -0.485 e. The van der Waals surface area contributed by atoms with Crippen molar-refractivity contribution in [3.05, 3.63) is 151 Å². The fourth-order valence-corrected chi connectivity index (χ4v) is 11.1. The largest absolute Gasteiger partial charge is 0.485 e. The van der Waals surface area contributed by atoms with Gasteiger partial charge in [-0.05, 0) is 143 Å². The molecule has 3 aromatic rings. The second kappa shape index (κ2) is 10.3. The quantitative estimate of drug-likeness (QED) is 0.276. The molecule has 48 heavy (non-hydrogen) atoms. The SMILES string of the molecule is C1=CC2=C(CC1)CCc1c2ccc2c1C=CCC2C1(C2CC=Cc3c2ccc2c3CCC3=C2C=CCC3)Cc2c(ccc3c2C=CC3)O1. The second-order valence-corrected chi connectivity index (χ2v) is 15.4. The maximum absolute atomic E-state index is 7.63. The van der Waals surface area contributed by atoms with Gasteiger partial charge in [-0.25, -0.2) is 0 Å². The molecule has 2 unspecified atom stereocenters. The van der Waals surface area contributed by atoms with Crippen LogP contribution in [-0.2, 0) is 25.7 Å². The van der Waals surface area contributed by atoms with Crippen molar-refractivity contribution < 1.29 is 4.74 Å². The van der Waals surface area contributed by atoms with Gasteiger partial charge in [-0.3, -0.25) is 0 Å². The van der Waals surface area contributed by atoms with E-state index in [1.54, 1.807) is 22.3 Å². The zero-order valence-corrected chi connectivity index (χ0v) is 27.8. The van der Waals surface area contributed by atoms with Crippen LogP contribution in [0.4, 0.5) is 0 Å². The van der Waals surface area contributed by atoms with Crippen molar-refractivity contribution in [1.82, 2.24) is 0 Å². The molecule has 0 radical (unpaired) electrons. The summed E-state index contributed by atoms with van der Waals surface area (Å²) in [4.78, 5) is 0. The molecule has 236 valence electrons. The van der Waals surface area contributed by atoms with E-state index in [0.29, 0.717) is 0 Å². The minimum absolute atomic E-state index is 0.282. The van der Waals surface area contributed by atoms with Crippen molar-refractivity contribution in [3.63, 3.8) is 0 Å². The molecule has 0 spiro atoms. The molecule has 0 N–H and O–H groups in total. The third-order valence-electron chi connectivity index (χ3n) is 13.3. The Morgan fingerprint density at radius 3 is 1.75 bits per heavy atom. The van der Waals surface area contributed by atoms with Gasteiger partial charge in [0.1, 0.15) is 11.4 Å². The predicted octanol–water partition coefficient (Wildman–Crippen LogP) is 11.4. The van der Waals surface area contributed by atoms with Gasteiger partial charge < -0.3 is 4.74 Å². The molecule has 2 atom stereocenters. The van der Waals surface area contributed by atoms with Crippen LogP contribution in [0, 0.1) is 0 Å². The lowest BCUT2D eigenvalue weighted by Gasteiger charge is -2.46. The number of rotatable bonds is 2. The van der Waals surface area contributed by atoms with Gasteiger partial charge in [0, 0.05) is 23.8 Å². The zero-order chi connectivity index (χ0) is 31.4. The number of ether oxygens (including phenoxy) is 1. The van der Waals surface area contributed by atoms with Gasteiger partial charge in [0.05, 0.1) is 0 Å². The Morgan fingerprint density at radius 2 is 1.12 bits per heavy atom. The van der Waals surface area contributed by atoms with Gasteiger partial charge >= 0.3 is 0 Å². The third-order valence-corrected chi connectivity index (χ3v) is 13.3. The molecule has 0 saturated heterocycles. The van der Waals surface area contributed by atoms with Gasteiger partial charge in [0.15, 0.2) is 0 Å². The van der Waals surface area contributed by atoms with Crippen LogP contribution >= 0.6 is 0 Å². The van der Waals surface area contributed by atoms with E-state index in [9.17, 15) is 0 Å². The highest BCUT2D eigenvalue weighted by Gasteiger charge is 2.54. The maximum atomic E-state index is 7.63. The van der Waals surface area contributed by atoms with Crippen molar-refractivity contribution in [3.8, 4) is 5.75 Å². The van der Waals surface area contributed by atoms with E-state index in [1.807, 2.05) is 0 Å². The van der Waals surface area contributed by atoms with Crippen molar-refractivity contribution in [1.29, 1.82) is 0 Å². The van der Waals surface area contributed by atoms with Gasteiger partial charge in [0.25, 0.3) is 0 Å². The molecule has 11 rings (SSSR count). The summed E-state index contributed by atoms with van der Waals surface area (Å²) in [7, 11) is 0. The summed E-state index contributed by atoms with van der Waals surface area (Å²) >= 11 is 0. The first-order valence-electron chi connectivity index (χ1n) is 18.7. The van der Waals surface area contributed by atoms with Crippen LogP contribution in [0.25, 0.3) is 29.4 Å². The normalized spacial score (nSPS) is 26.7. The fourth-order valence-electron chi connectivity index (χ4n) is 11.1. The summed E-state index contributed by atoms with van der Waals surface area (Å²) in [6.45, 7) is 0. The highest BCUT2D eigenvalue weighted by molar-refractivity contribution is 5.85. The van der Waals surface area contributed by atoms with Gasteiger partial charge in [0.2, 0.25) is 0 Å². The van der Waals surface area contributed by atoms with Gasteiger partial charge in [-0.2, -0.15) is 0 Å². The Hall–Kier alpha value is -4.36. The van der Waals surface area contributed by atoms with Crippen LogP contribution < -0.4 is 4.74 Å². The fraction of sp³-hybridized carbons (Fsp3) is 0.319. The summed E-state index contributed by atoms with van der Waals surface area (Å²) in [5.74, 6) is 1.68. The van der Waals surface area contributed by atoms with E-state index in [1.165, 1.54) is 99.7 Å². The monoisotopic (exact) mass is 622 g/mol. The number of fused-ring (bicyclic) bond motifs is 11. The number of benzene rings is 3. The van der Waals surface area contributed by atoms with Crippen molar-refractivity contribution in [2.24, 2.45) is 0 Å². The molecule has 1 nitrogen and oxygen atoms in total. The molecule has 1 heterocycles. The summed E-state index contributed by atoms with van der Waals surface area (Å²) in [5.41, 5.74) is 22.4.